The molecular weight excluding hydrogens is 270 g/mol. The van der Waals surface area contributed by atoms with Crippen molar-refractivity contribution in [3.63, 3.8) is 0 Å². The van der Waals surface area contributed by atoms with Crippen LogP contribution in [0.25, 0.3) is 0 Å². The Balaban J connectivity index is 1.83. The van der Waals surface area contributed by atoms with E-state index in [4.69, 9.17) is 0 Å². The summed E-state index contributed by atoms with van der Waals surface area (Å²) in [5, 5.41) is 7.02. The first-order valence-electron chi connectivity index (χ1n) is 8.66. The maximum Gasteiger partial charge on any atom is 0.0698 e. The Morgan fingerprint density at radius 1 is 1.32 bits per heavy atom. The lowest BCUT2D eigenvalue weighted by Crippen LogP contribution is -2.46. The largest absolute Gasteiger partial charge is 0.386 e. The van der Waals surface area contributed by atoms with Crippen molar-refractivity contribution in [2.45, 2.75) is 44.6 Å². The van der Waals surface area contributed by atoms with Crippen LogP contribution in [0.2, 0.25) is 0 Å². The number of allylic oxidation sites excluding steroid dienone is 3. The maximum atomic E-state index is 3.57. The van der Waals surface area contributed by atoms with Crippen molar-refractivity contribution in [1.29, 1.82) is 0 Å². The molecule has 1 saturated carbocycles. The van der Waals surface area contributed by atoms with Crippen LogP contribution in [-0.4, -0.2) is 37.6 Å². The van der Waals surface area contributed by atoms with Crippen molar-refractivity contribution in [3.8, 4) is 0 Å². The molecule has 3 nitrogen and oxygen atoms in total. The Morgan fingerprint density at radius 3 is 2.82 bits per heavy atom. The van der Waals surface area contributed by atoms with Gasteiger partial charge in [0, 0.05) is 14.1 Å². The van der Waals surface area contributed by atoms with Crippen molar-refractivity contribution in [1.82, 2.24) is 15.5 Å². The molecule has 1 heterocycles. The van der Waals surface area contributed by atoms with Crippen LogP contribution < -0.4 is 10.6 Å². The minimum Gasteiger partial charge on any atom is -0.386 e. The zero-order chi connectivity index (χ0) is 15.6. The standard InChI is InChI=1S/C19H29N3/c1-4-12-21-13-11-19-10-6-5-7-16(19)14-17(22(19)3)18(20-2)15-8-9-15/h5-7,14,20-21H,4,8-13H2,1-3H3. The van der Waals surface area contributed by atoms with Crippen LogP contribution in [0.5, 0.6) is 0 Å². The first-order chi connectivity index (χ1) is 10.7. The predicted molar refractivity (Wildman–Crippen MR) is 93.5 cm³/mol. The van der Waals surface area contributed by atoms with Gasteiger partial charge in [0.2, 0.25) is 0 Å². The fourth-order valence-electron chi connectivity index (χ4n) is 3.74. The highest BCUT2D eigenvalue weighted by Crippen LogP contribution is 2.46. The minimum atomic E-state index is 0.141. The number of nitrogens with zero attached hydrogens (tertiary/aromatic N) is 1. The first kappa shape index (κ1) is 15.4. The minimum absolute atomic E-state index is 0.141. The van der Waals surface area contributed by atoms with Gasteiger partial charge in [-0.15, -0.1) is 0 Å². The molecule has 120 valence electrons. The number of fused-ring (bicyclic) bond motifs is 1. The molecule has 0 bridgehead atoms. The Hall–Kier alpha value is -1.48. The third-order valence-electron chi connectivity index (χ3n) is 5.20. The summed E-state index contributed by atoms with van der Waals surface area (Å²) in [6.07, 6.45) is 15.2. The summed E-state index contributed by atoms with van der Waals surface area (Å²) in [7, 11) is 4.32. The molecule has 1 aliphatic heterocycles. The van der Waals surface area contributed by atoms with Crippen LogP contribution >= 0.6 is 0 Å². The van der Waals surface area contributed by atoms with Gasteiger partial charge >= 0.3 is 0 Å². The van der Waals surface area contributed by atoms with Crippen LogP contribution in [-0.2, 0) is 0 Å². The molecule has 3 rings (SSSR count). The molecule has 0 aromatic rings. The van der Waals surface area contributed by atoms with Gasteiger partial charge in [0.1, 0.15) is 0 Å². The number of rotatable bonds is 7. The second-order valence-electron chi connectivity index (χ2n) is 6.60. The third kappa shape index (κ3) is 2.63. The van der Waals surface area contributed by atoms with E-state index in [-0.39, 0.29) is 5.54 Å². The Kier molecular flexibility index (Phi) is 4.44. The molecule has 0 aromatic heterocycles. The van der Waals surface area contributed by atoms with Crippen molar-refractivity contribution >= 4 is 0 Å². The second-order valence-corrected chi connectivity index (χ2v) is 6.60. The Labute approximate surface area is 134 Å². The summed E-state index contributed by atoms with van der Waals surface area (Å²) >= 11 is 0. The van der Waals surface area contributed by atoms with E-state index in [1.165, 1.54) is 36.2 Å². The van der Waals surface area contributed by atoms with Gasteiger partial charge in [-0.25, -0.2) is 0 Å². The molecule has 0 spiro atoms. The van der Waals surface area contributed by atoms with Crippen molar-refractivity contribution in [3.05, 3.63) is 46.8 Å². The predicted octanol–water partition coefficient (Wildman–Crippen LogP) is 3.10. The van der Waals surface area contributed by atoms with Crippen molar-refractivity contribution in [2.24, 2.45) is 0 Å². The van der Waals surface area contributed by atoms with Gasteiger partial charge in [0.25, 0.3) is 0 Å². The highest BCUT2D eigenvalue weighted by atomic mass is 15.2. The summed E-state index contributed by atoms with van der Waals surface area (Å²) < 4.78 is 0. The summed E-state index contributed by atoms with van der Waals surface area (Å²) in [4.78, 5) is 2.52. The van der Waals surface area contributed by atoms with E-state index < -0.39 is 0 Å². The fraction of sp³-hybridized carbons (Fsp3) is 0.579. The Bertz CT molecular complexity index is 547. The van der Waals surface area contributed by atoms with Crippen LogP contribution in [0.3, 0.4) is 0 Å². The normalized spacial score (nSPS) is 25.8. The zero-order valence-electron chi connectivity index (χ0n) is 14.2. The van der Waals surface area contributed by atoms with Crippen molar-refractivity contribution < 1.29 is 0 Å². The lowest BCUT2D eigenvalue weighted by molar-refractivity contribution is 0.211. The van der Waals surface area contributed by atoms with Gasteiger partial charge in [-0.05, 0) is 62.4 Å². The lowest BCUT2D eigenvalue weighted by Gasteiger charge is -2.41. The van der Waals surface area contributed by atoms with E-state index in [1.54, 1.807) is 5.57 Å². The average Bonchev–Trinajstić information content (AvgIpc) is 3.32. The maximum absolute atomic E-state index is 3.57. The molecule has 22 heavy (non-hydrogen) atoms. The smallest absolute Gasteiger partial charge is 0.0698 e. The van der Waals surface area contributed by atoms with Gasteiger partial charge in [-0.2, -0.15) is 0 Å². The topological polar surface area (TPSA) is 27.3 Å². The summed E-state index contributed by atoms with van der Waals surface area (Å²) in [5.41, 5.74) is 5.92. The van der Waals surface area contributed by atoms with Crippen LogP contribution in [0, 0.1) is 0 Å². The molecule has 1 fully saturated rings. The van der Waals surface area contributed by atoms with E-state index in [2.05, 4.69) is 60.9 Å². The van der Waals surface area contributed by atoms with Gasteiger partial charge < -0.3 is 15.5 Å². The monoisotopic (exact) mass is 299 g/mol. The summed E-state index contributed by atoms with van der Waals surface area (Å²) in [6, 6.07) is 0. The summed E-state index contributed by atoms with van der Waals surface area (Å²) in [6.45, 7) is 4.42. The highest BCUT2D eigenvalue weighted by Gasteiger charge is 2.44. The van der Waals surface area contributed by atoms with Crippen LogP contribution in [0.15, 0.2) is 46.8 Å². The molecule has 2 N–H and O–H groups in total. The lowest BCUT2D eigenvalue weighted by atomic mass is 9.81. The van der Waals surface area contributed by atoms with Crippen molar-refractivity contribution in [2.75, 3.05) is 27.2 Å². The van der Waals surface area contributed by atoms with Gasteiger partial charge in [-0.3, -0.25) is 0 Å². The van der Waals surface area contributed by atoms with E-state index in [0.29, 0.717) is 0 Å². The molecule has 0 amide bonds. The molecule has 1 unspecified atom stereocenters. The molecule has 1 atom stereocenters. The summed E-state index contributed by atoms with van der Waals surface area (Å²) in [5.74, 6) is 0. The molecule has 0 radical (unpaired) electrons. The van der Waals surface area contributed by atoms with Gasteiger partial charge in [0.15, 0.2) is 0 Å². The fourth-order valence-corrected chi connectivity index (χ4v) is 3.74. The Morgan fingerprint density at radius 2 is 2.14 bits per heavy atom. The van der Waals surface area contributed by atoms with E-state index in [9.17, 15) is 0 Å². The van der Waals surface area contributed by atoms with Crippen LogP contribution in [0.1, 0.15) is 39.0 Å². The molecule has 2 aliphatic carbocycles. The van der Waals surface area contributed by atoms with E-state index in [0.717, 1.165) is 25.9 Å². The number of hydrogen-bond donors (Lipinski definition) is 2. The quantitative estimate of drug-likeness (QED) is 0.707. The van der Waals surface area contributed by atoms with Crippen LogP contribution in [0.4, 0.5) is 0 Å². The first-order valence-corrected chi connectivity index (χ1v) is 8.66. The average molecular weight is 299 g/mol. The molecule has 0 saturated heterocycles. The second kappa shape index (κ2) is 6.33. The van der Waals surface area contributed by atoms with E-state index in [1.807, 2.05) is 0 Å². The molecule has 3 aliphatic rings. The molecule has 3 heteroatoms. The highest BCUT2D eigenvalue weighted by molar-refractivity contribution is 5.53. The van der Waals surface area contributed by atoms with Gasteiger partial charge in [0.05, 0.1) is 16.9 Å². The molecular formula is C19H29N3. The zero-order valence-corrected chi connectivity index (χ0v) is 14.2. The number of likely N-dealkylation sites (N-methyl/N-ethyl adjacent to an activating group) is 2. The van der Waals surface area contributed by atoms with E-state index >= 15 is 0 Å². The SMILES string of the molecule is CCCNCCC12CC=CC=C1C=C(C(NC)=C1CC1)N2C. The van der Waals surface area contributed by atoms with Gasteiger partial charge in [-0.1, -0.05) is 25.2 Å². The third-order valence-corrected chi connectivity index (χ3v) is 5.20. The molecule has 0 aromatic carbocycles. The number of nitrogens with one attached hydrogen (secondary N) is 2. The number of hydrogen-bond acceptors (Lipinski definition) is 3.